The second-order valence-corrected chi connectivity index (χ2v) is 9.72. The van der Waals surface area contributed by atoms with Crippen molar-refractivity contribution in [2.24, 2.45) is 0 Å². The van der Waals surface area contributed by atoms with Crippen molar-refractivity contribution in [2.75, 3.05) is 6.61 Å². The molecule has 3 aromatic carbocycles. The highest BCUT2D eigenvalue weighted by Gasteiger charge is 2.28. The van der Waals surface area contributed by atoms with Gasteiger partial charge in [0.2, 0.25) is 0 Å². The zero-order chi connectivity index (χ0) is 27.2. The van der Waals surface area contributed by atoms with Crippen LogP contribution in [0, 0.1) is 17.5 Å². The first-order chi connectivity index (χ1) is 18.3. The van der Waals surface area contributed by atoms with Crippen LogP contribution >= 0.6 is 0 Å². The van der Waals surface area contributed by atoms with E-state index in [9.17, 15) is 23.1 Å². The Morgan fingerprint density at radius 1 is 0.947 bits per heavy atom. The van der Waals surface area contributed by atoms with E-state index < -0.39 is 41.2 Å². The Morgan fingerprint density at radius 2 is 1.66 bits per heavy atom. The number of esters is 1. The van der Waals surface area contributed by atoms with Crippen molar-refractivity contribution >= 4 is 5.97 Å². The summed E-state index contributed by atoms with van der Waals surface area (Å²) in [5.74, 6) is -3.32. The lowest BCUT2D eigenvalue weighted by atomic mass is 9.82. The summed E-state index contributed by atoms with van der Waals surface area (Å²) in [5, 5.41) is 10.1. The number of rotatable bonds is 9. The van der Waals surface area contributed by atoms with Gasteiger partial charge in [-0.3, -0.25) is 0 Å². The summed E-state index contributed by atoms with van der Waals surface area (Å²) in [7, 11) is 0. The van der Waals surface area contributed by atoms with Gasteiger partial charge in [-0.05, 0) is 79.8 Å². The van der Waals surface area contributed by atoms with Crippen molar-refractivity contribution in [2.45, 2.75) is 70.5 Å². The molecule has 0 saturated heterocycles. The number of halogens is 3. The third-order valence-corrected chi connectivity index (χ3v) is 7.15. The Balaban J connectivity index is 1.38. The molecule has 4 rings (SSSR count). The molecule has 4 nitrogen and oxygen atoms in total. The van der Waals surface area contributed by atoms with Gasteiger partial charge in [-0.2, -0.15) is 0 Å². The quantitative estimate of drug-likeness (QED) is 0.288. The van der Waals surface area contributed by atoms with Crippen LogP contribution in [0.1, 0.15) is 85.9 Å². The Hall–Kier alpha value is -3.32. The molecule has 0 spiro atoms. The first-order valence-corrected chi connectivity index (χ1v) is 13.2. The maximum atomic E-state index is 14.9. The van der Waals surface area contributed by atoms with Crippen LogP contribution in [0.4, 0.5) is 13.2 Å². The number of carbonyl (C=O) groups is 1. The topological polar surface area (TPSA) is 55.8 Å². The van der Waals surface area contributed by atoms with Crippen molar-refractivity contribution in [3.8, 4) is 16.9 Å². The van der Waals surface area contributed by atoms with Crippen molar-refractivity contribution in [3.63, 3.8) is 0 Å². The first-order valence-electron chi connectivity index (χ1n) is 13.2. The predicted molar refractivity (Wildman–Crippen MR) is 140 cm³/mol. The zero-order valence-electron chi connectivity index (χ0n) is 21.7. The predicted octanol–water partition coefficient (Wildman–Crippen LogP) is 7.89. The molecule has 7 heteroatoms. The van der Waals surface area contributed by atoms with Crippen molar-refractivity contribution in [3.05, 3.63) is 88.7 Å². The largest absolute Gasteiger partial charge is 0.491 e. The molecule has 0 aromatic heterocycles. The van der Waals surface area contributed by atoms with Crippen molar-refractivity contribution < 1.29 is 32.5 Å². The lowest BCUT2D eigenvalue weighted by molar-refractivity contribution is 0.0189. The molecule has 3 aromatic rings. The van der Waals surface area contributed by atoms with E-state index in [1.165, 1.54) is 18.2 Å². The van der Waals surface area contributed by atoms with Gasteiger partial charge in [-0.1, -0.05) is 49.7 Å². The SMILES string of the molecule is CCCC(O)c1ccc(-c2ccc(C(=O)OC3CCC(c4ccc(OCC)c(F)c4)CC3)c(F)c2F)cc1. The minimum Gasteiger partial charge on any atom is -0.491 e. The summed E-state index contributed by atoms with van der Waals surface area (Å²) in [6.07, 6.45) is 2.87. The Kier molecular flexibility index (Phi) is 9.10. The highest BCUT2D eigenvalue weighted by Crippen LogP contribution is 2.36. The fraction of sp³-hybridized carbons (Fsp3) is 0.387. The van der Waals surface area contributed by atoms with Gasteiger partial charge in [0, 0.05) is 5.56 Å². The highest BCUT2D eigenvalue weighted by atomic mass is 19.2. The van der Waals surface area contributed by atoms with Crippen LogP contribution in [0.15, 0.2) is 54.6 Å². The minimum atomic E-state index is -1.25. The molecule has 0 aliphatic heterocycles. The summed E-state index contributed by atoms with van der Waals surface area (Å²) in [5.41, 5.74) is 1.60. The van der Waals surface area contributed by atoms with E-state index in [2.05, 4.69) is 0 Å². The molecule has 1 aliphatic carbocycles. The summed E-state index contributed by atoms with van der Waals surface area (Å²) >= 11 is 0. The second kappa shape index (κ2) is 12.5. The number of carbonyl (C=O) groups excluding carboxylic acids is 1. The normalized spacial score (nSPS) is 18.2. The molecule has 1 N–H and O–H groups in total. The van der Waals surface area contributed by atoms with Gasteiger partial charge < -0.3 is 14.6 Å². The monoisotopic (exact) mass is 526 g/mol. The molecular formula is C31H33F3O4. The summed E-state index contributed by atoms with van der Waals surface area (Å²) in [6.45, 7) is 4.15. The molecule has 1 aliphatic rings. The molecule has 1 atom stereocenters. The molecule has 0 amide bonds. The standard InChI is InChI=1S/C31H33F3O4/c1-3-5-27(35)21-8-6-20(7-9-21)24-15-16-25(30(34)29(24)33)31(36)38-23-13-10-19(11-14-23)22-12-17-28(37-4-2)26(32)18-22/h6-9,12,15-19,23,27,35H,3-5,10-11,13-14H2,1-2H3. The highest BCUT2D eigenvalue weighted by molar-refractivity contribution is 5.90. The van der Waals surface area contributed by atoms with E-state index in [0.717, 1.165) is 12.0 Å². The number of benzene rings is 3. The minimum absolute atomic E-state index is 0.0266. The number of aliphatic hydroxyl groups excluding tert-OH is 1. The van der Waals surface area contributed by atoms with E-state index in [1.54, 1.807) is 37.3 Å². The van der Waals surface area contributed by atoms with Gasteiger partial charge in [-0.25, -0.2) is 18.0 Å². The van der Waals surface area contributed by atoms with Crippen LogP contribution in [0.3, 0.4) is 0 Å². The molecule has 1 unspecified atom stereocenters. The Labute approximate surface area is 221 Å². The van der Waals surface area contributed by atoms with E-state index in [-0.39, 0.29) is 17.2 Å². The average Bonchev–Trinajstić information content (AvgIpc) is 2.92. The molecule has 0 bridgehead atoms. The average molecular weight is 527 g/mol. The molecule has 1 fully saturated rings. The maximum absolute atomic E-state index is 14.9. The van der Waals surface area contributed by atoms with Gasteiger partial charge in [-0.15, -0.1) is 0 Å². The third kappa shape index (κ3) is 6.21. The second-order valence-electron chi connectivity index (χ2n) is 9.72. The molecule has 0 radical (unpaired) electrons. The number of ether oxygens (including phenoxy) is 2. The molecule has 202 valence electrons. The molecule has 0 heterocycles. The smallest absolute Gasteiger partial charge is 0.341 e. The van der Waals surface area contributed by atoms with Gasteiger partial charge >= 0.3 is 5.97 Å². The van der Waals surface area contributed by atoms with Gasteiger partial charge in [0.05, 0.1) is 18.3 Å². The first kappa shape index (κ1) is 27.7. The third-order valence-electron chi connectivity index (χ3n) is 7.15. The Morgan fingerprint density at radius 3 is 2.29 bits per heavy atom. The maximum Gasteiger partial charge on any atom is 0.341 e. The van der Waals surface area contributed by atoms with Gasteiger partial charge in [0.1, 0.15) is 6.10 Å². The fourth-order valence-corrected chi connectivity index (χ4v) is 5.03. The summed E-state index contributed by atoms with van der Waals surface area (Å²) in [6, 6.07) is 14.2. The lowest BCUT2D eigenvalue weighted by Gasteiger charge is -2.28. The lowest BCUT2D eigenvalue weighted by Crippen LogP contribution is -2.24. The van der Waals surface area contributed by atoms with Crippen LogP contribution in [-0.2, 0) is 4.74 Å². The number of hydrogen-bond donors (Lipinski definition) is 1. The number of hydrogen-bond acceptors (Lipinski definition) is 4. The zero-order valence-corrected chi connectivity index (χ0v) is 21.7. The van der Waals surface area contributed by atoms with E-state index in [1.807, 2.05) is 13.0 Å². The summed E-state index contributed by atoms with van der Waals surface area (Å²) in [4.78, 5) is 12.7. The van der Waals surface area contributed by atoms with Crippen LogP contribution < -0.4 is 4.74 Å². The number of aliphatic hydroxyl groups is 1. The van der Waals surface area contributed by atoms with Gasteiger partial charge in [0.15, 0.2) is 23.2 Å². The van der Waals surface area contributed by atoms with Crippen molar-refractivity contribution in [1.82, 2.24) is 0 Å². The Bertz CT molecular complexity index is 1250. The fourth-order valence-electron chi connectivity index (χ4n) is 5.03. The van der Waals surface area contributed by atoms with Crippen LogP contribution in [0.5, 0.6) is 5.75 Å². The van der Waals surface area contributed by atoms with Crippen molar-refractivity contribution in [1.29, 1.82) is 0 Å². The van der Waals surface area contributed by atoms with E-state index >= 15 is 0 Å². The molecule has 1 saturated carbocycles. The van der Waals surface area contributed by atoms with Crippen LogP contribution in [0.25, 0.3) is 11.1 Å². The van der Waals surface area contributed by atoms with Crippen LogP contribution in [-0.4, -0.2) is 23.8 Å². The summed E-state index contributed by atoms with van der Waals surface area (Å²) < 4.78 is 54.9. The van der Waals surface area contributed by atoms with Gasteiger partial charge in [0.25, 0.3) is 0 Å². The molecular weight excluding hydrogens is 493 g/mol. The van der Waals surface area contributed by atoms with E-state index in [0.29, 0.717) is 49.8 Å². The van der Waals surface area contributed by atoms with E-state index in [4.69, 9.17) is 9.47 Å². The molecule has 38 heavy (non-hydrogen) atoms. The van der Waals surface area contributed by atoms with Crippen LogP contribution in [0.2, 0.25) is 0 Å².